The first-order valence-corrected chi connectivity index (χ1v) is 5.71. The number of hydrogen-bond donors (Lipinski definition) is 3. The Hall–Kier alpha value is -2.19. The summed E-state index contributed by atoms with van der Waals surface area (Å²) in [7, 11) is 0. The van der Waals surface area contributed by atoms with Crippen LogP contribution in [0, 0.1) is 11.3 Å². The molecule has 1 rings (SSSR count). The molecule has 0 unspecified atom stereocenters. The Morgan fingerprint density at radius 1 is 1.50 bits per heavy atom. The summed E-state index contributed by atoms with van der Waals surface area (Å²) >= 11 is 5.45. The molecule has 0 aliphatic heterocycles. The highest BCUT2D eigenvalue weighted by Gasteiger charge is 2.10. The zero-order valence-electron chi connectivity index (χ0n) is 9.48. The number of para-hydroxylation sites is 2. The number of hydrogen-bond acceptors (Lipinski definition) is 4. The van der Waals surface area contributed by atoms with Crippen molar-refractivity contribution in [1.82, 2.24) is 5.32 Å². The standard InChI is InChI=1S/C12H12ClN3O2/c13-5-6-15-8-9(7-14)12(18)16-10-3-1-2-4-11(10)17/h1-4,8,15,17H,5-6H2,(H,16,18)/b9-8-. The molecule has 0 heterocycles. The third-order valence-electron chi connectivity index (χ3n) is 2.00. The monoisotopic (exact) mass is 265 g/mol. The molecule has 5 nitrogen and oxygen atoms in total. The highest BCUT2D eigenvalue weighted by Crippen LogP contribution is 2.21. The van der Waals surface area contributed by atoms with Crippen molar-refractivity contribution in [2.45, 2.75) is 0 Å². The number of phenolic OH excluding ortho intramolecular Hbond substituents is 1. The number of nitrogens with zero attached hydrogens (tertiary/aromatic N) is 1. The molecule has 0 saturated heterocycles. The van der Waals surface area contributed by atoms with Crippen LogP contribution < -0.4 is 10.6 Å². The van der Waals surface area contributed by atoms with E-state index in [4.69, 9.17) is 16.9 Å². The molecule has 0 aliphatic carbocycles. The number of phenols is 1. The van der Waals surface area contributed by atoms with Gasteiger partial charge in [-0.3, -0.25) is 4.79 Å². The van der Waals surface area contributed by atoms with Gasteiger partial charge in [0.1, 0.15) is 17.4 Å². The van der Waals surface area contributed by atoms with Crippen molar-refractivity contribution in [2.75, 3.05) is 17.7 Å². The van der Waals surface area contributed by atoms with Crippen LogP contribution in [0.2, 0.25) is 0 Å². The number of alkyl halides is 1. The van der Waals surface area contributed by atoms with Crippen LogP contribution in [0.3, 0.4) is 0 Å². The number of rotatable bonds is 5. The second kappa shape index (κ2) is 7.20. The van der Waals surface area contributed by atoms with Crippen molar-refractivity contribution in [3.8, 4) is 11.8 Å². The SMILES string of the molecule is N#C/C(=C/NCCCl)C(=O)Nc1ccccc1O. The molecule has 18 heavy (non-hydrogen) atoms. The summed E-state index contributed by atoms with van der Waals surface area (Å²) in [6.07, 6.45) is 1.29. The first kappa shape index (κ1) is 13.9. The lowest BCUT2D eigenvalue weighted by atomic mass is 10.2. The molecule has 0 aliphatic rings. The van der Waals surface area contributed by atoms with Gasteiger partial charge in [0, 0.05) is 18.6 Å². The maximum absolute atomic E-state index is 11.7. The molecule has 1 aromatic carbocycles. The quantitative estimate of drug-likeness (QED) is 0.248. The zero-order valence-corrected chi connectivity index (χ0v) is 10.2. The van der Waals surface area contributed by atoms with E-state index in [9.17, 15) is 9.90 Å². The number of carbonyl (C=O) groups is 1. The van der Waals surface area contributed by atoms with Crippen molar-refractivity contribution >= 4 is 23.2 Å². The summed E-state index contributed by atoms with van der Waals surface area (Å²) in [6.45, 7) is 0.455. The van der Waals surface area contributed by atoms with E-state index in [2.05, 4.69) is 10.6 Å². The number of aromatic hydroxyl groups is 1. The summed E-state index contributed by atoms with van der Waals surface area (Å²) in [4.78, 5) is 11.7. The first-order valence-electron chi connectivity index (χ1n) is 5.18. The number of benzene rings is 1. The fourth-order valence-corrected chi connectivity index (χ4v) is 1.26. The van der Waals surface area contributed by atoms with Crippen molar-refractivity contribution < 1.29 is 9.90 Å². The summed E-state index contributed by atoms with van der Waals surface area (Å²) in [6, 6.07) is 8.04. The fourth-order valence-electron chi connectivity index (χ4n) is 1.15. The molecule has 0 bridgehead atoms. The highest BCUT2D eigenvalue weighted by atomic mass is 35.5. The minimum atomic E-state index is -0.596. The van der Waals surface area contributed by atoms with Crippen molar-refractivity contribution in [3.63, 3.8) is 0 Å². The predicted molar refractivity (Wildman–Crippen MR) is 69.2 cm³/mol. The highest BCUT2D eigenvalue weighted by molar-refractivity contribution is 6.18. The van der Waals surface area contributed by atoms with E-state index in [1.807, 2.05) is 0 Å². The van der Waals surface area contributed by atoms with Crippen LogP contribution in [-0.4, -0.2) is 23.4 Å². The molecule has 0 aromatic heterocycles. The van der Waals surface area contributed by atoms with Gasteiger partial charge in [0.2, 0.25) is 0 Å². The van der Waals surface area contributed by atoms with Crippen LogP contribution in [0.5, 0.6) is 5.75 Å². The third kappa shape index (κ3) is 4.00. The average Bonchev–Trinajstić information content (AvgIpc) is 2.37. The predicted octanol–water partition coefficient (Wildman–Crippen LogP) is 1.57. The number of nitriles is 1. The molecule has 0 radical (unpaired) electrons. The van der Waals surface area contributed by atoms with E-state index in [1.54, 1.807) is 18.2 Å². The molecule has 0 saturated carbocycles. The molecule has 1 aromatic rings. The van der Waals surface area contributed by atoms with E-state index in [0.29, 0.717) is 12.4 Å². The summed E-state index contributed by atoms with van der Waals surface area (Å²) in [5, 5.41) is 23.5. The van der Waals surface area contributed by atoms with Crippen LogP contribution in [0.1, 0.15) is 0 Å². The smallest absolute Gasteiger partial charge is 0.267 e. The number of amides is 1. The van der Waals surface area contributed by atoms with Gasteiger partial charge in [-0.25, -0.2) is 0 Å². The minimum absolute atomic E-state index is 0.0585. The van der Waals surface area contributed by atoms with E-state index in [0.717, 1.165) is 0 Å². The largest absolute Gasteiger partial charge is 0.506 e. The number of nitrogens with one attached hydrogen (secondary N) is 2. The van der Waals surface area contributed by atoms with Gasteiger partial charge in [0.05, 0.1) is 5.69 Å². The summed E-state index contributed by atoms with van der Waals surface area (Å²) in [5.74, 6) is -0.283. The Morgan fingerprint density at radius 3 is 2.83 bits per heavy atom. The van der Waals surface area contributed by atoms with Crippen LogP contribution in [-0.2, 0) is 4.79 Å². The van der Waals surface area contributed by atoms with E-state index >= 15 is 0 Å². The normalized spacial score (nSPS) is 10.6. The number of halogens is 1. The molecular weight excluding hydrogens is 254 g/mol. The van der Waals surface area contributed by atoms with Gasteiger partial charge in [-0.2, -0.15) is 5.26 Å². The first-order chi connectivity index (χ1) is 8.69. The Balaban J connectivity index is 2.72. The molecule has 0 fully saturated rings. The van der Waals surface area contributed by atoms with Gasteiger partial charge in [-0.15, -0.1) is 11.6 Å². The van der Waals surface area contributed by atoms with Crippen LogP contribution >= 0.6 is 11.6 Å². The van der Waals surface area contributed by atoms with Crippen molar-refractivity contribution in [3.05, 3.63) is 36.0 Å². The summed E-state index contributed by atoms with van der Waals surface area (Å²) < 4.78 is 0. The van der Waals surface area contributed by atoms with Crippen molar-refractivity contribution in [2.24, 2.45) is 0 Å². The van der Waals surface area contributed by atoms with E-state index in [1.165, 1.54) is 18.3 Å². The summed E-state index contributed by atoms with van der Waals surface area (Å²) in [5.41, 5.74) is 0.157. The second-order valence-electron chi connectivity index (χ2n) is 3.28. The number of anilines is 1. The Bertz CT molecular complexity index is 494. The lowest BCUT2D eigenvalue weighted by Gasteiger charge is -2.06. The van der Waals surface area contributed by atoms with Crippen LogP contribution in [0.25, 0.3) is 0 Å². The lowest BCUT2D eigenvalue weighted by molar-refractivity contribution is -0.112. The van der Waals surface area contributed by atoms with Crippen molar-refractivity contribution in [1.29, 1.82) is 5.26 Å². The molecule has 6 heteroatoms. The average molecular weight is 266 g/mol. The van der Waals surface area contributed by atoms with Crippen LogP contribution in [0.15, 0.2) is 36.0 Å². The van der Waals surface area contributed by atoms with Gasteiger partial charge >= 0.3 is 0 Å². The molecule has 1 amide bonds. The molecule has 3 N–H and O–H groups in total. The number of carbonyl (C=O) groups excluding carboxylic acids is 1. The van der Waals surface area contributed by atoms with E-state index in [-0.39, 0.29) is 17.0 Å². The van der Waals surface area contributed by atoms with Gasteiger partial charge in [-0.05, 0) is 12.1 Å². The molecule has 0 atom stereocenters. The zero-order chi connectivity index (χ0) is 13.4. The second-order valence-corrected chi connectivity index (χ2v) is 3.66. The molecule has 94 valence electrons. The van der Waals surface area contributed by atoms with Gasteiger partial charge < -0.3 is 15.7 Å². The topological polar surface area (TPSA) is 85.2 Å². The Labute approximate surface area is 110 Å². The van der Waals surface area contributed by atoms with Gasteiger partial charge in [0.15, 0.2) is 0 Å². The molecular formula is C12H12ClN3O2. The lowest BCUT2D eigenvalue weighted by Crippen LogP contribution is -2.17. The fraction of sp³-hybridized carbons (Fsp3) is 0.167. The third-order valence-corrected chi connectivity index (χ3v) is 2.19. The maximum Gasteiger partial charge on any atom is 0.267 e. The Kier molecular flexibility index (Phi) is 5.55. The maximum atomic E-state index is 11.7. The van der Waals surface area contributed by atoms with E-state index < -0.39 is 5.91 Å². The Morgan fingerprint density at radius 2 is 2.22 bits per heavy atom. The van der Waals surface area contributed by atoms with Gasteiger partial charge in [0.25, 0.3) is 5.91 Å². The molecule has 0 spiro atoms. The minimum Gasteiger partial charge on any atom is -0.506 e. The van der Waals surface area contributed by atoms with Crippen LogP contribution in [0.4, 0.5) is 5.69 Å². The van der Waals surface area contributed by atoms with Gasteiger partial charge in [-0.1, -0.05) is 12.1 Å².